The van der Waals surface area contributed by atoms with Gasteiger partial charge in [-0.3, -0.25) is 4.79 Å². The lowest BCUT2D eigenvalue weighted by molar-refractivity contribution is -0.130. The fourth-order valence-corrected chi connectivity index (χ4v) is 2.50. The number of anilines is 1. The number of carbonyl (C=O) groups is 1. The molecule has 0 aromatic heterocycles. The Morgan fingerprint density at radius 3 is 2.55 bits per heavy atom. The Bertz CT molecular complexity index is 417. The van der Waals surface area contributed by atoms with Crippen molar-refractivity contribution in [3.05, 3.63) is 30.3 Å². The van der Waals surface area contributed by atoms with E-state index in [0.717, 1.165) is 38.0 Å². The van der Waals surface area contributed by atoms with Crippen molar-refractivity contribution in [2.24, 2.45) is 5.73 Å². The number of hydrogen-bond acceptors (Lipinski definition) is 3. The van der Waals surface area contributed by atoms with Gasteiger partial charge in [0.15, 0.2) is 0 Å². The predicted molar refractivity (Wildman–Crippen MR) is 82.7 cm³/mol. The van der Waals surface area contributed by atoms with Crippen LogP contribution in [0.2, 0.25) is 0 Å². The zero-order valence-electron chi connectivity index (χ0n) is 12.3. The minimum absolute atomic E-state index is 0.232. The van der Waals surface area contributed by atoms with Crippen molar-refractivity contribution in [2.45, 2.75) is 32.2 Å². The third-order valence-corrected chi connectivity index (χ3v) is 3.73. The lowest BCUT2D eigenvalue weighted by atomic mass is 10.2. The Kier molecular flexibility index (Phi) is 5.41. The van der Waals surface area contributed by atoms with E-state index in [4.69, 9.17) is 5.73 Å². The molecule has 2 N–H and O–H groups in total. The second kappa shape index (κ2) is 7.29. The van der Waals surface area contributed by atoms with Gasteiger partial charge in [-0.05, 0) is 44.9 Å². The molecule has 4 heteroatoms. The van der Waals surface area contributed by atoms with E-state index in [1.54, 1.807) is 0 Å². The number of carbonyl (C=O) groups excluding carboxylic acids is 1. The minimum atomic E-state index is 0.232. The topological polar surface area (TPSA) is 49.6 Å². The summed E-state index contributed by atoms with van der Waals surface area (Å²) in [6.07, 6.45) is 3.22. The maximum atomic E-state index is 12.5. The summed E-state index contributed by atoms with van der Waals surface area (Å²) >= 11 is 0. The van der Waals surface area contributed by atoms with E-state index in [1.165, 1.54) is 0 Å². The maximum absolute atomic E-state index is 12.5. The van der Waals surface area contributed by atoms with Crippen molar-refractivity contribution in [1.29, 1.82) is 0 Å². The molecule has 1 saturated carbocycles. The number of amides is 1. The van der Waals surface area contributed by atoms with E-state index in [1.807, 2.05) is 23.1 Å². The van der Waals surface area contributed by atoms with Gasteiger partial charge in [-0.2, -0.15) is 0 Å². The molecule has 1 aromatic rings. The zero-order valence-corrected chi connectivity index (χ0v) is 12.3. The van der Waals surface area contributed by atoms with Gasteiger partial charge in [0, 0.05) is 24.8 Å². The van der Waals surface area contributed by atoms with Crippen LogP contribution >= 0.6 is 0 Å². The van der Waals surface area contributed by atoms with Crippen molar-refractivity contribution in [1.82, 2.24) is 4.90 Å². The summed E-state index contributed by atoms with van der Waals surface area (Å²) in [6, 6.07) is 10.6. The highest BCUT2D eigenvalue weighted by Gasteiger charge is 2.31. The summed E-state index contributed by atoms with van der Waals surface area (Å²) < 4.78 is 0. The quantitative estimate of drug-likeness (QED) is 0.788. The smallest absolute Gasteiger partial charge is 0.242 e. The molecule has 0 atom stereocenters. The van der Waals surface area contributed by atoms with Gasteiger partial charge in [0.2, 0.25) is 5.91 Å². The van der Waals surface area contributed by atoms with Crippen LogP contribution in [0.3, 0.4) is 0 Å². The molecule has 1 amide bonds. The van der Waals surface area contributed by atoms with E-state index >= 15 is 0 Å². The van der Waals surface area contributed by atoms with Gasteiger partial charge >= 0.3 is 0 Å². The molecule has 0 unspecified atom stereocenters. The minimum Gasteiger partial charge on any atom is -0.362 e. The van der Waals surface area contributed by atoms with E-state index in [2.05, 4.69) is 24.0 Å². The number of para-hydroxylation sites is 1. The maximum Gasteiger partial charge on any atom is 0.242 e. The fourth-order valence-electron chi connectivity index (χ4n) is 2.50. The van der Waals surface area contributed by atoms with Crippen molar-refractivity contribution in [3.63, 3.8) is 0 Å². The Morgan fingerprint density at radius 2 is 2.00 bits per heavy atom. The number of rotatable bonds is 8. The third kappa shape index (κ3) is 3.97. The van der Waals surface area contributed by atoms with Crippen LogP contribution in [-0.2, 0) is 4.79 Å². The highest BCUT2D eigenvalue weighted by Crippen LogP contribution is 2.27. The molecule has 0 spiro atoms. The largest absolute Gasteiger partial charge is 0.362 e. The molecule has 0 radical (unpaired) electrons. The highest BCUT2D eigenvalue weighted by molar-refractivity contribution is 5.82. The molecule has 0 bridgehead atoms. The first kappa shape index (κ1) is 14.9. The van der Waals surface area contributed by atoms with Gasteiger partial charge in [0.05, 0.1) is 6.54 Å². The first-order valence-electron chi connectivity index (χ1n) is 7.55. The number of nitrogens with two attached hydrogens (primary N) is 1. The molecule has 110 valence electrons. The van der Waals surface area contributed by atoms with Crippen LogP contribution in [0.1, 0.15) is 26.2 Å². The van der Waals surface area contributed by atoms with Gasteiger partial charge in [0.1, 0.15) is 0 Å². The molecule has 1 aliphatic carbocycles. The molecule has 0 aliphatic heterocycles. The van der Waals surface area contributed by atoms with Crippen molar-refractivity contribution >= 4 is 11.6 Å². The van der Waals surface area contributed by atoms with Gasteiger partial charge in [-0.1, -0.05) is 18.2 Å². The summed E-state index contributed by atoms with van der Waals surface area (Å²) in [7, 11) is 0. The van der Waals surface area contributed by atoms with Gasteiger partial charge in [-0.15, -0.1) is 0 Å². The zero-order chi connectivity index (χ0) is 14.4. The van der Waals surface area contributed by atoms with Crippen LogP contribution in [-0.4, -0.2) is 43.0 Å². The highest BCUT2D eigenvalue weighted by atomic mass is 16.2. The van der Waals surface area contributed by atoms with Crippen molar-refractivity contribution in [2.75, 3.05) is 31.1 Å². The molecule has 4 nitrogen and oxygen atoms in total. The van der Waals surface area contributed by atoms with Gasteiger partial charge < -0.3 is 15.5 Å². The van der Waals surface area contributed by atoms with Crippen LogP contribution in [0, 0.1) is 0 Å². The monoisotopic (exact) mass is 275 g/mol. The Hall–Kier alpha value is -1.55. The van der Waals surface area contributed by atoms with Crippen molar-refractivity contribution < 1.29 is 4.79 Å². The Labute approximate surface area is 121 Å². The summed E-state index contributed by atoms with van der Waals surface area (Å²) in [4.78, 5) is 16.6. The molecule has 1 aliphatic rings. The van der Waals surface area contributed by atoms with Crippen LogP contribution in [0.15, 0.2) is 30.3 Å². The molecule has 1 fully saturated rings. The molecular formula is C16H25N3O. The number of hydrogen-bond donors (Lipinski definition) is 1. The first-order valence-corrected chi connectivity index (χ1v) is 7.55. The van der Waals surface area contributed by atoms with E-state index in [-0.39, 0.29) is 5.91 Å². The Morgan fingerprint density at radius 1 is 1.30 bits per heavy atom. The lowest BCUT2D eigenvalue weighted by Gasteiger charge is -2.28. The van der Waals surface area contributed by atoms with Crippen LogP contribution in [0.4, 0.5) is 5.69 Å². The summed E-state index contributed by atoms with van der Waals surface area (Å²) in [5, 5.41) is 0. The van der Waals surface area contributed by atoms with Gasteiger partial charge in [0.25, 0.3) is 0 Å². The van der Waals surface area contributed by atoms with E-state index in [9.17, 15) is 4.79 Å². The number of benzene rings is 1. The first-order chi connectivity index (χ1) is 9.76. The molecule has 20 heavy (non-hydrogen) atoms. The Balaban J connectivity index is 2.01. The molecule has 0 heterocycles. The molecule has 0 saturated heterocycles. The molecule has 1 aromatic carbocycles. The van der Waals surface area contributed by atoms with Crippen LogP contribution < -0.4 is 10.6 Å². The summed E-state index contributed by atoms with van der Waals surface area (Å²) in [5.41, 5.74) is 6.71. The molecule has 2 rings (SSSR count). The van der Waals surface area contributed by atoms with Crippen molar-refractivity contribution in [3.8, 4) is 0 Å². The second-order valence-electron chi connectivity index (χ2n) is 5.31. The van der Waals surface area contributed by atoms with Crippen LogP contribution in [0.25, 0.3) is 0 Å². The third-order valence-electron chi connectivity index (χ3n) is 3.73. The molecular weight excluding hydrogens is 250 g/mol. The van der Waals surface area contributed by atoms with Crippen LogP contribution in [0.5, 0.6) is 0 Å². The van der Waals surface area contributed by atoms with Gasteiger partial charge in [-0.25, -0.2) is 0 Å². The second-order valence-corrected chi connectivity index (χ2v) is 5.31. The van der Waals surface area contributed by atoms with E-state index in [0.29, 0.717) is 19.1 Å². The predicted octanol–water partition coefficient (Wildman–Crippen LogP) is 1.85. The number of likely N-dealkylation sites (N-methyl/N-ethyl adjacent to an activating group) is 1. The standard InChI is InChI=1S/C16H25N3O/c1-2-19(15-9-10-15)16(20)13-18(12-6-11-17)14-7-4-3-5-8-14/h3-5,7-8,15H,2,6,9-13,17H2,1H3. The lowest BCUT2D eigenvalue weighted by Crippen LogP contribution is -2.42. The SMILES string of the molecule is CCN(C(=O)CN(CCCN)c1ccccc1)C1CC1. The normalized spacial score (nSPS) is 14.1. The summed E-state index contributed by atoms with van der Waals surface area (Å²) in [6.45, 7) is 4.80. The average molecular weight is 275 g/mol. The fraction of sp³-hybridized carbons (Fsp3) is 0.562. The number of nitrogens with zero attached hydrogens (tertiary/aromatic N) is 2. The average Bonchev–Trinajstić information content (AvgIpc) is 3.30. The van der Waals surface area contributed by atoms with E-state index < -0.39 is 0 Å². The summed E-state index contributed by atoms with van der Waals surface area (Å²) in [5.74, 6) is 0.232.